The fourth-order valence-electron chi connectivity index (χ4n) is 2.49. The molecule has 0 aromatic carbocycles. The summed E-state index contributed by atoms with van der Waals surface area (Å²) >= 11 is 0. The number of aromatic nitrogens is 3. The highest BCUT2D eigenvalue weighted by Gasteiger charge is 2.33. The molecule has 1 aliphatic rings. The van der Waals surface area contributed by atoms with Gasteiger partial charge < -0.3 is 20.1 Å². The number of rotatable bonds is 2. The Morgan fingerprint density at radius 1 is 1.56 bits per heavy atom. The van der Waals surface area contributed by atoms with Gasteiger partial charge in [-0.25, -0.2) is 9.97 Å². The van der Waals surface area contributed by atoms with Crippen molar-refractivity contribution in [2.24, 2.45) is 5.92 Å². The second-order valence-corrected chi connectivity index (χ2v) is 4.74. The maximum absolute atomic E-state index is 9.23. The largest absolute Gasteiger partial charge is 0.394 e. The summed E-state index contributed by atoms with van der Waals surface area (Å²) < 4.78 is 7.78. The minimum atomic E-state index is -0.105. The molecule has 3 atom stereocenters. The second kappa shape index (κ2) is 4.22. The minimum Gasteiger partial charge on any atom is -0.394 e. The Kier molecular flexibility index (Phi) is 2.68. The Hall–Kier alpha value is -1.66. The quantitative estimate of drug-likeness (QED) is 0.825. The standard InChI is InChI=1S/C12H16N4O2/c1-7-4-10(18-9(7)5-17)16-3-2-8-11(13)14-6-15-12(8)16/h2-3,6-7,9-10,17H,4-5H2,1H3,(H2,13,14,15). The van der Waals surface area contributed by atoms with E-state index in [1.165, 1.54) is 6.33 Å². The van der Waals surface area contributed by atoms with Crippen molar-refractivity contribution in [2.75, 3.05) is 12.3 Å². The summed E-state index contributed by atoms with van der Waals surface area (Å²) in [6, 6.07) is 1.89. The van der Waals surface area contributed by atoms with Gasteiger partial charge in [0.1, 0.15) is 24.0 Å². The lowest BCUT2D eigenvalue weighted by atomic mass is 10.0. The number of hydrogen-bond acceptors (Lipinski definition) is 5. The summed E-state index contributed by atoms with van der Waals surface area (Å²) in [4.78, 5) is 8.22. The van der Waals surface area contributed by atoms with Gasteiger partial charge in [0.25, 0.3) is 0 Å². The minimum absolute atomic E-state index is 0.0496. The molecule has 0 amide bonds. The van der Waals surface area contributed by atoms with Crippen LogP contribution in [0.25, 0.3) is 11.0 Å². The highest BCUT2D eigenvalue weighted by molar-refractivity contribution is 5.86. The van der Waals surface area contributed by atoms with Gasteiger partial charge in [-0.3, -0.25) is 0 Å². The van der Waals surface area contributed by atoms with Crippen LogP contribution in [0.3, 0.4) is 0 Å². The van der Waals surface area contributed by atoms with Crippen LogP contribution in [0.15, 0.2) is 18.6 Å². The van der Waals surface area contributed by atoms with E-state index in [0.717, 1.165) is 17.5 Å². The second-order valence-electron chi connectivity index (χ2n) is 4.74. The van der Waals surface area contributed by atoms with Crippen molar-refractivity contribution >= 4 is 16.9 Å². The molecule has 1 saturated heterocycles. The molecular formula is C12H16N4O2. The van der Waals surface area contributed by atoms with Crippen LogP contribution in [-0.4, -0.2) is 32.4 Å². The van der Waals surface area contributed by atoms with Crippen LogP contribution < -0.4 is 5.73 Å². The fourth-order valence-corrected chi connectivity index (χ4v) is 2.49. The molecule has 1 fully saturated rings. The van der Waals surface area contributed by atoms with Gasteiger partial charge >= 0.3 is 0 Å². The third-order valence-corrected chi connectivity index (χ3v) is 3.57. The molecule has 18 heavy (non-hydrogen) atoms. The molecule has 0 aliphatic carbocycles. The first-order chi connectivity index (χ1) is 8.70. The molecule has 3 unspecified atom stereocenters. The van der Waals surface area contributed by atoms with Crippen LogP contribution in [0.2, 0.25) is 0 Å². The van der Waals surface area contributed by atoms with Crippen molar-refractivity contribution in [1.29, 1.82) is 0 Å². The number of aliphatic hydroxyl groups is 1. The monoisotopic (exact) mass is 248 g/mol. The van der Waals surface area contributed by atoms with E-state index in [-0.39, 0.29) is 18.9 Å². The number of aliphatic hydroxyl groups excluding tert-OH is 1. The van der Waals surface area contributed by atoms with Crippen molar-refractivity contribution in [1.82, 2.24) is 14.5 Å². The van der Waals surface area contributed by atoms with Gasteiger partial charge in [-0.1, -0.05) is 6.92 Å². The normalized spacial score (nSPS) is 28.0. The highest BCUT2D eigenvalue weighted by Crippen LogP contribution is 2.35. The summed E-state index contributed by atoms with van der Waals surface area (Å²) in [6.07, 6.45) is 4.03. The average Bonchev–Trinajstić information content (AvgIpc) is 2.93. The zero-order valence-electron chi connectivity index (χ0n) is 10.2. The molecule has 96 valence electrons. The van der Waals surface area contributed by atoms with Crippen LogP contribution in [0.4, 0.5) is 5.82 Å². The molecule has 1 aliphatic heterocycles. The molecule has 6 nitrogen and oxygen atoms in total. The molecule has 3 rings (SSSR count). The van der Waals surface area contributed by atoms with Crippen LogP contribution in [0.5, 0.6) is 0 Å². The predicted octanol–water partition coefficient (Wildman–Crippen LogP) is 0.929. The van der Waals surface area contributed by atoms with Crippen LogP contribution in [0.1, 0.15) is 19.6 Å². The van der Waals surface area contributed by atoms with E-state index >= 15 is 0 Å². The highest BCUT2D eigenvalue weighted by atomic mass is 16.5. The lowest BCUT2D eigenvalue weighted by Crippen LogP contribution is -2.18. The molecular weight excluding hydrogens is 232 g/mol. The maximum Gasteiger partial charge on any atom is 0.147 e. The van der Waals surface area contributed by atoms with Crippen LogP contribution in [-0.2, 0) is 4.74 Å². The zero-order chi connectivity index (χ0) is 12.7. The lowest BCUT2D eigenvalue weighted by molar-refractivity contribution is -0.0275. The van der Waals surface area contributed by atoms with E-state index in [1.807, 2.05) is 16.8 Å². The molecule has 0 spiro atoms. The van der Waals surface area contributed by atoms with E-state index in [9.17, 15) is 5.11 Å². The van der Waals surface area contributed by atoms with Gasteiger partial charge in [0, 0.05) is 6.20 Å². The zero-order valence-corrected chi connectivity index (χ0v) is 10.2. The average molecular weight is 248 g/mol. The first kappa shape index (κ1) is 11.4. The van der Waals surface area contributed by atoms with Crippen molar-refractivity contribution in [3.63, 3.8) is 0 Å². The SMILES string of the molecule is CC1CC(n2ccc3c(N)ncnc32)OC1CO. The first-order valence-corrected chi connectivity index (χ1v) is 6.04. The van der Waals surface area contributed by atoms with Crippen molar-refractivity contribution in [2.45, 2.75) is 25.7 Å². The Morgan fingerprint density at radius 2 is 2.39 bits per heavy atom. The predicted molar refractivity (Wildman–Crippen MR) is 66.7 cm³/mol. The third kappa shape index (κ3) is 1.65. The maximum atomic E-state index is 9.23. The number of anilines is 1. The molecule has 3 N–H and O–H groups in total. The number of nitrogens with two attached hydrogens (primary N) is 1. The molecule has 0 bridgehead atoms. The molecule has 6 heteroatoms. The molecule has 0 radical (unpaired) electrons. The fraction of sp³-hybridized carbons (Fsp3) is 0.500. The van der Waals surface area contributed by atoms with E-state index in [0.29, 0.717) is 11.7 Å². The topological polar surface area (TPSA) is 86.2 Å². The number of nitrogens with zero attached hydrogens (tertiary/aromatic N) is 3. The van der Waals surface area contributed by atoms with E-state index in [4.69, 9.17) is 10.5 Å². The third-order valence-electron chi connectivity index (χ3n) is 3.57. The van der Waals surface area contributed by atoms with Crippen LogP contribution >= 0.6 is 0 Å². The van der Waals surface area contributed by atoms with Gasteiger partial charge in [-0.05, 0) is 18.4 Å². The van der Waals surface area contributed by atoms with Gasteiger partial charge in [0.05, 0.1) is 18.1 Å². The summed E-state index contributed by atoms with van der Waals surface area (Å²) in [5.41, 5.74) is 6.58. The van der Waals surface area contributed by atoms with Crippen molar-refractivity contribution < 1.29 is 9.84 Å². The summed E-state index contributed by atoms with van der Waals surface area (Å²) in [5, 5.41) is 10.1. The van der Waals surface area contributed by atoms with Crippen molar-refractivity contribution in [3.8, 4) is 0 Å². The number of ether oxygens (including phenoxy) is 1. The van der Waals surface area contributed by atoms with Crippen molar-refractivity contribution in [3.05, 3.63) is 18.6 Å². The van der Waals surface area contributed by atoms with E-state index in [2.05, 4.69) is 16.9 Å². The van der Waals surface area contributed by atoms with Gasteiger partial charge in [0.2, 0.25) is 0 Å². The van der Waals surface area contributed by atoms with E-state index < -0.39 is 0 Å². The number of hydrogen-bond donors (Lipinski definition) is 2. The first-order valence-electron chi connectivity index (χ1n) is 6.04. The Bertz CT molecular complexity index is 568. The lowest BCUT2D eigenvalue weighted by Gasteiger charge is -2.14. The Labute approximate surface area is 104 Å². The summed E-state index contributed by atoms with van der Waals surface area (Å²) in [5.74, 6) is 0.806. The number of nitrogen functional groups attached to an aromatic ring is 1. The van der Waals surface area contributed by atoms with Gasteiger partial charge in [0.15, 0.2) is 0 Å². The molecule has 2 aromatic heterocycles. The smallest absolute Gasteiger partial charge is 0.147 e. The molecule has 0 saturated carbocycles. The Morgan fingerprint density at radius 3 is 3.11 bits per heavy atom. The Balaban J connectivity index is 1.99. The molecule has 2 aromatic rings. The summed E-state index contributed by atoms with van der Waals surface area (Å²) in [7, 11) is 0. The summed E-state index contributed by atoms with van der Waals surface area (Å²) in [6.45, 7) is 2.13. The van der Waals surface area contributed by atoms with Gasteiger partial charge in [-0.2, -0.15) is 0 Å². The van der Waals surface area contributed by atoms with Crippen LogP contribution in [0, 0.1) is 5.92 Å². The number of fused-ring (bicyclic) bond motifs is 1. The van der Waals surface area contributed by atoms with Gasteiger partial charge in [-0.15, -0.1) is 0 Å². The van der Waals surface area contributed by atoms with E-state index in [1.54, 1.807) is 0 Å². The molecule has 3 heterocycles.